The molecule has 2 aliphatic rings. The molecule has 0 spiro atoms. The van der Waals surface area contributed by atoms with E-state index in [1.807, 2.05) is 6.07 Å². The highest BCUT2D eigenvalue weighted by atomic mass is 16.5. The maximum atomic E-state index is 6.41. The summed E-state index contributed by atoms with van der Waals surface area (Å²) < 4.78 is 6.41. The van der Waals surface area contributed by atoms with Gasteiger partial charge in [0.1, 0.15) is 11.5 Å². The Bertz CT molecular complexity index is 2590. The minimum Gasteiger partial charge on any atom is -0.457 e. The average molecular weight is 615 g/mol. The molecule has 1 aromatic heterocycles. The van der Waals surface area contributed by atoms with E-state index in [1.165, 1.54) is 49.7 Å². The van der Waals surface area contributed by atoms with Gasteiger partial charge in [-0.2, -0.15) is 0 Å². The minimum atomic E-state index is -0.211. The second kappa shape index (κ2) is 9.97. The molecule has 2 heterocycles. The third kappa shape index (κ3) is 3.82. The van der Waals surface area contributed by atoms with Gasteiger partial charge in [-0.05, 0) is 62.4 Å². The number of benzene rings is 7. The van der Waals surface area contributed by atoms with Crippen molar-refractivity contribution in [1.29, 1.82) is 0 Å². The maximum absolute atomic E-state index is 6.41. The second-order valence-corrected chi connectivity index (χ2v) is 13.3. The zero-order valence-electron chi connectivity index (χ0n) is 26.7. The molecule has 3 nitrogen and oxygen atoms in total. The number of hydrogen-bond donors (Lipinski definition) is 0. The molecule has 226 valence electrons. The highest BCUT2D eigenvalue weighted by Gasteiger charge is 2.36. The van der Waals surface area contributed by atoms with Crippen LogP contribution in [0.3, 0.4) is 0 Å². The van der Waals surface area contributed by atoms with Gasteiger partial charge in [-0.15, -0.1) is 0 Å². The normalized spacial score (nSPS) is 13.5. The minimum absolute atomic E-state index is 0.211. The Kier molecular flexibility index (Phi) is 5.63. The lowest BCUT2D eigenvalue weighted by atomic mass is 9.73. The number of aromatic nitrogens is 2. The first-order valence-corrected chi connectivity index (χ1v) is 16.5. The molecular formula is C45H30N2O. The summed E-state index contributed by atoms with van der Waals surface area (Å²) in [7, 11) is 0. The van der Waals surface area contributed by atoms with Crippen molar-refractivity contribution in [2.75, 3.05) is 0 Å². The summed E-state index contributed by atoms with van der Waals surface area (Å²) in [6.07, 6.45) is 0. The summed E-state index contributed by atoms with van der Waals surface area (Å²) in [5.74, 6) is 2.56. The first kappa shape index (κ1) is 27.1. The number of hydrogen-bond acceptors (Lipinski definition) is 3. The van der Waals surface area contributed by atoms with E-state index in [1.54, 1.807) is 0 Å². The predicted octanol–water partition coefficient (Wildman–Crippen LogP) is 11.9. The molecule has 8 aromatic rings. The van der Waals surface area contributed by atoms with Gasteiger partial charge in [0.05, 0.1) is 11.2 Å². The van der Waals surface area contributed by atoms with Crippen molar-refractivity contribution >= 4 is 21.7 Å². The lowest BCUT2D eigenvalue weighted by Crippen LogP contribution is -2.25. The summed E-state index contributed by atoms with van der Waals surface area (Å²) in [5, 5.41) is 3.56. The molecule has 0 N–H and O–H groups in total. The molecule has 3 heteroatoms. The van der Waals surface area contributed by atoms with Gasteiger partial charge in [0.2, 0.25) is 0 Å². The first-order chi connectivity index (χ1) is 23.6. The quantitative estimate of drug-likeness (QED) is 0.199. The molecule has 0 saturated heterocycles. The fourth-order valence-electron chi connectivity index (χ4n) is 8.05. The lowest BCUT2D eigenvalue weighted by molar-refractivity contribution is 0.419. The average Bonchev–Trinajstić information content (AvgIpc) is 3.46. The lowest BCUT2D eigenvalue weighted by Gasteiger charge is -2.36. The van der Waals surface area contributed by atoms with Crippen LogP contribution in [0, 0.1) is 0 Å². The molecule has 1 aliphatic carbocycles. The van der Waals surface area contributed by atoms with E-state index in [2.05, 4.69) is 153 Å². The summed E-state index contributed by atoms with van der Waals surface area (Å²) >= 11 is 0. The Balaban J connectivity index is 1.10. The third-order valence-corrected chi connectivity index (χ3v) is 10.3. The van der Waals surface area contributed by atoms with E-state index >= 15 is 0 Å². The van der Waals surface area contributed by atoms with Crippen molar-refractivity contribution in [2.45, 2.75) is 19.3 Å². The monoisotopic (exact) mass is 614 g/mol. The molecule has 10 rings (SSSR count). The van der Waals surface area contributed by atoms with Crippen LogP contribution in [0.5, 0.6) is 11.5 Å². The molecule has 0 saturated carbocycles. The summed E-state index contributed by atoms with van der Waals surface area (Å²) in [6.45, 7) is 4.57. The standard InChI is InChI=1S/C45H30N2O/c1-45(2)37-17-6-8-19-39(37)48-40-20-10-14-29(42(40)45)27-21-23-28(24-22-27)44-46-38-18-7-5-13-36(38)43(47-44)35-26-25-34-31-12-4-3-11-30(31)32-15-9-16-33(35)41(32)34/h3-26H,1-2H3. The van der Waals surface area contributed by atoms with Crippen LogP contribution in [-0.4, -0.2) is 9.97 Å². The van der Waals surface area contributed by atoms with Crippen molar-refractivity contribution in [1.82, 2.24) is 9.97 Å². The Labute approximate surface area is 279 Å². The van der Waals surface area contributed by atoms with Crippen molar-refractivity contribution in [3.05, 3.63) is 157 Å². The largest absolute Gasteiger partial charge is 0.457 e. The summed E-state index contributed by atoms with van der Waals surface area (Å²) in [4.78, 5) is 10.4. The SMILES string of the molecule is CC1(C)c2ccccc2Oc2cccc(-c3ccc(-c4nc(-c5ccc6c7c(cccc57)-c5ccccc5-6)c5ccccc5n4)cc3)c21. The smallest absolute Gasteiger partial charge is 0.160 e. The van der Waals surface area contributed by atoms with Crippen molar-refractivity contribution < 1.29 is 4.74 Å². The molecule has 0 radical (unpaired) electrons. The first-order valence-electron chi connectivity index (χ1n) is 16.5. The van der Waals surface area contributed by atoms with Crippen LogP contribution in [0.4, 0.5) is 0 Å². The van der Waals surface area contributed by atoms with Crippen LogP contribution in [0.2, 0.25) is 0 Å². The molecular weight excluding hydrogens is 585 g/mol. The van der Waals surface area contributed by atoms with Crippen LogP contribution in [0.25, 0.3) is 77.7 Å². The van der Waals surface area contributed by atoms with Crippen LogP contribution in [-0.2, 0) is 5.41 Å². The second-order valence-electron chi connectivity index (χ2n) is 13.3. The number of ether oxygens (including phenoxy) is 1. The predicted molar refractivity (Wildman–Crippen MR) is 196 cm³/mol. The Morgan fingerprint density at radius 1 is 0.458 bits per heavy atom. The van der Waals surface area contributed by atoms with Gasteiger partial charge in [-0.1, -0.05) is 141 Å². The molecule has 0 fully saturated rings. The van der Waals surface area contributed by atoms with Crippen LogP contribution >= 0.6 is 0 Å². The van der Waals surface area contributed by atoms with Gasteiger partial charge in [-0.3, -0.25) is 0 Å². The zero-order valence-corrected chi connectivity index (χ0v) is 26.7. The molecule has 7 aromatic carbocycles. The van der Waals surface area contributed by atoms with E-state index in [0.29, 0.717) is 0 Å². The van der Waals surface area contributed by atoms with Crippen LogP contribution in [0.15, 0.2) is 146 Å². The summed E-state index contributed by atoms with van der Waals surface area (Å²) in [5.41, 5.74) is 13.7. The Hall–Kier alpha value is -6.06. The van der Waals surface area contributed by atoms with Crippen molar-refractivity contribution in [2.24, 2.45) is 0 Å². The maximum Gasteiger partial charge on any atom is 0.160 e. The highest BCUT2D eigenvalue weighted by molar-refractivity contribution is 6.19. The van der Waals surface area contributed by atoms with E-state index < -0.39 is 0 Å². The van der Waals surface area contributed by atoms with Crippen molar-refractivity contribution in [3.63, 3.8) is 0 Å². The topological polar surface area (TPSA) is 35.0 Å². The molecule has 1 aliphatic heterocycles. The fourth-order valence-corrected chi connectivity index (χ4v) is 8.05. The molecule has 0 unspecified atom stereocenters. The van der Waals surface area contributed by atoms with Gasteiger partial charge in [0.25, 0.3) is 0 Å². The third-order valence-electron chi connectivity index (χ3n) is 10.3. The van der Waals surface area contributed by atoms with E-state index in [4.69, 9.17) is 14.7 Å². The number of fused-ring (bicyclic) bond motifs is 6. The van der Waals surface area contributed by atoms with Crippen molar-refractivity contribution in [3.8, 4) is 67.5 Å². The van der Waals surface area contributed by atoms with E-state index in [-0.39, 0.29) is 5.41 Å². The Morgan fingerprint density at radius 2 is 1.06 bits per heavy atom. The van der Waals surface area contributed by atoms with Gasteiger partial charge >= 0.3 is 0 Å². The number of rotatable bonds is 3. The molecule has 0 atom stereocenters. The van der Waals surface area contributed by atoms with Gasteiger partial charge in [-0.25, -0.2) is 9.97 Å². The van der Waals surface area contributed by atoms with Gasteiger partial charge in [0.15, 0.2) is 5.82 Å². The zero-order chi connectivity index (χ0) is 32.0. The van der Waals surface area contributed by atoms with Crippen LogP contribution < -0.4 is 4.74 Å². The van der Waals surface area contributed by atoms with E-state index in [9.17, 15) is 0 Å². The molecule has 0 bridgehead atoms. The highest BCUT2D eigenvalue weighted by Crippen LogP contribution is 2.52. The molecule has 48 heavy (non-hydrogen) atoms. The Morgan fingerprint density at radius 3 is 1.92 bits per heavy atom. The number of nitrogens with zero attached hydrogens (tertiary/aromatic N) is 2. The van der Waals surface area contributed by atoms with Gasteiger partial charge < -0.3 is 4.74 Å². The van der Waals surface area contributed by atoms with Gasteiger partial charge in [0, 0.05) is 33.1 Å². The summed E-state index contributed by atoms with van der Waals surface area (Å²) in [6, 6.07) is 51.6. The molecule has 0 amide bonds. The van der Waals surface area contributed by atoms with Crippen LogP contribution in [0.1, 0.15) is 25.0 Å². The number of para-hydroxylation sites is 2. The fraction of sp³-hybridized carbons (Fsp3) is 0.0667. The van der Waals surface area contributed by atoms with E-state index in [0.717, 1.165) is 50.6 Å².